The molecule has 130 valence electrons. The quantitative estimate of drug-likeness (QED) is 0.609. The van der Waals surface area contributed by atoms with Crippen LogP contribution < -0.4 is 5.32 Å². The van der Waals surface area contributed by atoms with Crippen molar-refractivity contribution in [2.75, 3.05) is 5.32 Å². The minimum Gasteiger partial charge on any atom is -0.304 e. The zero-order valence-electron chi connectivity index (χ0n) is 14.4. The fourth-order valence-electron chi connectivity index (χ4n) is 2.72. The van der Waals surface area contributed by atoms with E-state index in [1.54, 1.807) is 35.0 Å². The van der Waals surface area contributed by atoms with Crippen molar-refractivity contribution in [1.82, 2.24) is 19.7 Å². The third kappa shape index (κ3) is 3.24. The Bertz CT molecular complexity index is 1190. The molecule has 4 rings (SSSR count). The molecular weight excluding hydrogens is 340 g/mol. The van der Waals surface area contributed by atoms with E-state index in [9.17, 15) is 4.79 Å². The van der Waals surface area contributed by atoms with Crippen LogP contribution in [0.4, 0.5) is 5.82 Å². The second-order valence-corrected chi connectivity index (χ2v) is 5.94. The summed E-state index contributed by atoms with van der Waals surface area (Å²) in [6.45, 7) is 1.89. The summed E-state index contributed by atoms with van der Waals surface area (Å²) < 4.78 is 1.70. The van der Waals surface area contributed by atoms with Gasteiger partial charge >= 0.3 is 0 Å². The van der Waals surface area contributed by atoms with Gasteiger partial charge in [0.2, 0.25) is 0 Å². The van der Waals surface area contributed by atoms with E-state index in [0.717, 1.165) is 16.9 Å². The van der Waals surface area contributed by atoms with Gasteiger partial charge < -0.3 is 5.32 Å². The summed E-state index contributed by atoms with van der Waals surface area (Å²) in [5, 5.41) is 16.1. The highest BCUT2D eigenvalue weighted by molar-refractivity contribution is 6.03. The van der Waals surface area contributed by atoms with Crippen LogP contribution in [0.5, 0.6) is 0 Å². The van der Waals surface area contributed by atoms with Gasteiger partial charge in [0, 0.05) is 11.8 Å². The van der Waals surface area contributed by atoms with E-state index in [0.29, 0.717) is 16.9 Å². The van der Waals surface area contributed by atoms with E-state index in [-0.39, 0.29) is 11.6 Å². The summed E-state index contributed by atoms with van der Waals surface area (Å²) >= 11 is 0. The van der Waals surface area contributed by atoms with Crippen molar-refractivity contribution in [3.05, 3.63) is 77.7 Å². The number of carbonyl (C=O) groups excluding carboxylic acids is 1. The van der Waals surface area contributed by atoms with Gasteiger partial charge in [-0.25, -0.2) is 9.67 Å². The Morgan fingerprint density at radius 1 is 1.11 bits per heavy atom. The molecule has 1 amide bonds. The molecule has 0 unspecified atom stereocenters. The van der Waals surface area contributed by atoms with Crippen molar-refractivity contribution >= 4 is 22.8 Å². The first-order chi connectivity index (χ1) is 13.1. The number of benzene rings is 2. The maximum atomic E-state index is 12.5. The average molecular weight is 354 g/mol. The Morgan fingerprint density at radius 3 is 2.59 bits per heavy atom. The van der Waals surface area contributed by atoms with E-state index in [1.165, 1.54) is 6.20 Å². The summed E-state index contributed by atoms with van der Waals surface area (Å²) in [6, 6.07) is 18.3. The molecule has 0 saturated carbocycles. The summed E-state index contributed by atoms with van der Waals surface area (Å²) in [5.74, 6) is 0.0366. The molecule has 2 aromatic heterocycles. The monoisotopic (exact) mass is 354 g/mol. The van der Waals surface area contributed by atoms with E-state index < -0.39 is 0 Å². The lowest BCUT2D eigenvalue weighted by molar-refractivity contribution is 0.102. The van der Waals surface area contributed by atoms with E-state index in [4.69, 9.17) is 5.26 Å². The second-order valence-electron chi connectivity index (χ2n) is 5.94. The summed E-state index contributed by atoms with van der Waals surface area (Å²) in [4.78, 5) is 21.1. The number of aromatic nitrogens is 4. The molecule has 2 aromatic carbocycles. The molecule has 1 N–H and O–H groups in total. The van der Waals surface area contributed by atoms with Crippen molar-refractivity contribution in [2.24, 2.45) is 0 Å². The van der Waals surface area contributed by atoms with Gasteiger partial charge in [0.1, 0.15) is 5.69 Å². The number of rotatable bonds is 3. The lowest BCUT2D eigenvalue weighted by Crippen LogP contribution is -2.14. The number of nitrogens with one attached hydrogen (secondary N) is 1. The molecule has 0 saturated heterocycles. The molecule has 7 nitrogen and oxygen atoms in total. The Morgan fingerprint density at radius 2 is 1.85 bits per heavy atom. The van der Waals surface area contributed by atoms with Gasteiger partial charge in [0.15, 0.2) is 5.82 Å². The van der Waals surface area contributed by atoms with Crippen LogP contribution in [0.15, 0.2) is 60.8 Å². The first-order valence-corrected chi connectivity index (χ1v) is 8.24. The van der Waals surface area contributed by atoms with Crippen LogP contribution in [0.3, 0.4) is 0 Å². The topological polar surface area (TPSA) is 96.5 Å². The standard InChI is InChI=1S/C20H14N6O/c1-13-10-19(25-26(13)15-8-6-14(11-21)7-9-15)24-20(27)18-12-22-16-4-2-3-5-17(16)23-18/h2-10,12H,1H3,(H,24,25,27). The molecule has 0 bridgehead atoms. The largest absolute Gasteiger partial charge is 0.304 e. The van der Waals surface area contributed by atoms with Crippen molar-refractivity contribution in [2.45, 2.75) is 6.92 Å². The zero-order valence-corrected chi connectivity index (χ0v) is 14.4. The lowest BCUT2D eigenvalue weighted by Gasteiger charge is -2.04. The SMILES string of the molecule is Cc1cc(NC(=O)c2cnc3ccccc3n2)nn1-c1ccc(C#N)cc1. The van der Waals surface area contributed by atoms with Crippen LogP contribution in [0, 0.1) is 18.3 Å². The number of hydrogen-bond donors (Lipinski definition) is 1. The fourth-order valence-corrected chi connectivity index (χ4v) is 2.72. The van der Waals surface area contributed by atoms with Gasteiger partial charge in [0.25, 0.3) is 5.91 Å². The molecule has 0 radical (unpaired) electrons. The number of nitrogens with zero attached hydrogens (tertiary/aromatic N) is 5. The maximum absolute atomic E-state index is 12.5. The van der Waals surface area contributed by atoms with E-state index in [1.807, 2.05) is 31.2 Å². The van der Waals surface area contributed by atoms with Crippen molar-refractivity contribution in [3.63, 3.8) is 0 Å². The van der Waals surface area contributed by atoms with Crippen LogP contribution in [0.1, 0.15) is 21.7 Å². The van der Waals surface area contributed by atoms with Crippen molar-refractivity contribution in [1.29, 1.82) is 5.26 Å². The molecular formula is C20H14N6O. The minimum atomic E-state index is -0.377. The molecule has 0 aliphatic carbocycles. The number of para-hydroxylation sites is 2. The highest BCUT2D eigenvalue weighted by Gasteiger charge is 2.13. The summed E-state index contributed by atoms with van der Waals surface area (Å²) in [5.41, 5.74) is 3.84. The van der Waals surface area contributed by atoms with Crippen LogP contribution in [0.2, 0.25) is 0 Å². The van der Waals surface area contributed by atoms with Crippen molar-refractivity contribution in [3.8, 4) is 11.8 Å². The van der Waals surface area contributed by atoms with Gasteiger partial charge in [-0.05, 0) is 43.3 Å². The number of amides is 1. The summed E-state index contributed by atoms with van der Waals surface area (Å²) in [6.07, 6.45) is 1.45. The second kappa shape index (κ2) is 6.69. The minimum absolute atomic E-state index is 0.222. The molecule has 0 fully saturated rings. The van der Waals surface area contributed by atoms with Crippen molar-refractivity contribution < 1.29 is 4.79 Å². The first-order valence-electron chi connectivity index (χ1n) is 8.24. The van der Waals surface area contributed by atoms with Gasteiger partial charge in [-0.15, -0.1) is 5.10 Å². The Balaban J connectivity index is 1.58. The molecule has 0 atom stereocenters. The van der Waals surface area contributed by atoms with Gasteiger partial charge in [-0.2, -0.15) is 5.26 Å². The number of hydrogen-bond acceptors (Lipinski definition) is 5. The zero-order chi connectivity index (χ0) is 18.8. The molecule has 7 heteroatoms. The van der Waals surface area contributed by atoms with Crippen LogP contribution in [-0.2, 0) is 0 Å². The van der Waals surface area contributed by atoms with Gasteiger partial charge in [-0.3, -0.25) is 9.78 Å². The molecule has 27 heavy (non-hydrogen) atoms. The molecule has 2 heterocycles. The third-order valence-electron chi connectivity index (χ3n) is 4.05. The van der Waals surface area contributed by atoms with Crippen LogP contribution >= 0.6 is 0 Å². The maximum Gasteiger partial charge on any atom is 0.277 e. The molecule has 0 spiro atoms. The Kier molecular flexibility index (Phi) is 4.07. The van der Waals surface area contributed by atoms with Gasteiger partial charge in [0.05, 0.1) is 34.6 Å². The predicted molar refractivity (Wildman–Crippen MR) is 101 cm³/mol. The third-order valence-corrected chi connectivity index (χ3v) is 4.05. The lowest BCUT2D eigenvalue weighted by atomic mass is 10.2. The smallest absolute Gasteiger partial charge is 0.277 e. The van der Waals surface area contributed by atoms with E-state index in [2.05, 4.69) is 26.5 Å². The Hall–Kier alpha value is -4.05. The number of carbonyl (C=O) groups is 1. The van der Waals surface area contributed by atoms with E-state index >= 15 is 0 Å². The number of fused-ring (bicyclic) bond motifs is 1. The van der Waals surface area contributed by atoms with Crippen LogP contribution in [0.25, 0.3) is 16.7 Å². The summed E-state index contributed by atoms with van der Waals surface area (Å²) in [7, 11) is 0. The van der Waals surface area contributed by atoms with Crippen LogP contribution in [-0.4, -0.2) is 25.7 Å². The normalized spacial score (nSPS) is 10.5. The van der Waals surface area contributed by atoms with Gasteiger partial charge in [-0.1, -0.05) is 12.1 Å². The molecule has 4 aromatic rings. The molecule has 0 aliphatic heterocycles. The number of anilines is 1. The average Bonchev–Trinajstić information content (AvgIpc) is 3.07. The fraction of sp³-hybridized carbons (Fsp3) is 0.0500. The Labute approximate surface area is 154 Å². The molecule has 0 aliphatic rings. The number of nitriles is 1. The number of aryl methyl sites for hydroxylation is 1. The highest BCUT2D eigenvalue weighted by Crippen LogP contribution is 2.16. The first kappa shape index (κ1) is 16.4. The predicted octanol–water partition coefficient (Wildman–Crippen LogP) is 3.25. The highest BCUT2D eigenvalue weighted by atomic mass is 16.2.